The zero-order valence-electron chi connectivity index (χ0n) is 22.6. The lowest BCUT2D eigenvalue weighted by Crippen LogP contribution is -2.43. The Morgan fingerprint density at radius 1 is 0.881 bits per heavy atom. The van der Waals surface area contributed by atoms with E-state index in [1.54, 1.807) is 12.1 Å². The Labute approximate surface area is 258 Å². The summed E-state index contributed by atoms with van der Waals surface area (Å²) in [7, 11) is 1.46. The van der Waals surface area contributed by atoms with Crippen LogP contribution in [0.15, 0.2) is 63.3 Å². The van der Waals surface area contributed by atoms with Gasteiger partial charge in [0.25, 0.3) is 0 Å². The van der Waals surface area contributed by atoms with E-state index in [1.807, 2.05) is 41.1 Å². The van der Waals surface area contributed by atoms with Crippen LogP contribution >= 0.6 is 38.6 Å². The first-order valence-corrected chi connectivity index (χ1v) is 16.3. The van der Waals surface area contributed by atoms with Gasteiger partial charge in [0.2, 0.25) is 23.6 Å². The van der Waals surface area contributed by atoms with Crippen LogP contribution in [0.25, 0.3) is 0 Å². The van der Waals surface area contributed by atoms with Crippen LogP contribution in [0.4, 0.5) is 0 Å². The number of ether oxygens (including phenoxy) is 1. The molecule has 2 aliphatic carbocycles. The smallest absolute Gasteiger partial charge is 0.234 e. The normalized spacial score (nSPS) is 28.6. The van der Waals surface area contributed by atoms with E-state index in [0.717, 1.165) is 15.3 Å². The number of phenolic OH excluding ortho intramolecular Hbond substituents is 1. The minimum atomic E-state index is -0.740. The number of aromatic hydroxyl groups is 1. The number of thiophene rings is 2. The molecule has 4 heterocycles. The Morgan fingerprint density at radius 2 is 1.50 bits per heavy atom. The number of allylic oxidation sites excluding steroid dienone is 2. The number of methoxy groups -OCH3 is 1. The molecule has 0 spiro atoms. The van der Waals surface area contributed by atoms with E-state index in [-0.39, 0.29) is 48.2 Å². The minimum absolute atomic E-state index is 0.0989. The van der Waals surface area contributed by atoms with Crippen LogP contribution in [0.5, 0.6) is 11.5 Å². The van der Waals surface area contributed by atoms with E-state index in [9.17, 15) is 24.3 Å². The third-order valence-electron chi connectivity index (χ3n) is 9.24. The molecule has 4 aliphatic rings. The lowest BCUT2D eigenvalue weighted by molar-refractivity contribution is -0.142. The lowest BCUT2D eigenvalue weighted by atomic mass is 9.57. The Hall–Kier alpha value is -3.28. The van der Waals surface area contributed by atoms with Crippen LogP contribution in [0.3, 0.4) is 0 Å². The summed E-state index contributed by atoms with van der Waals surface area (Å²) in [5, 5.41) is 15.2. The summed E-state index contributed by atoms with van der Waals surface area (Å²) in [6, 6.07) is 11.0. The second kappa shape index (κ2) is 10.5. The largest absolute Gasteiger partial charge is 0.504 e. The number of hydrogen-bond acceptors (Lipinski definition) is 8. The highest BCUT2D eigenvalue weighted by molar-refractivity contribution is 9.10. The number of benzene rings is 1. The standard InChI is InChI=1S/C31H27BrN2O6S2/c1-40-23-11-15(32)10-21(27(23)35)24-18-6-7-19-25(30(38)33(28(19)36)13-16-4-2-8-41-16)20(18)12-22-26(24)31(39)34(29(22)37)14-17-5-3-9-42-17/h2-6,8-11,19-20,22,24-26,35H,7,12-14H2,1H3/t19-,20+,22+,24+,25-,26+/m0/s1. The SMILES string of the molecule is COc1cc(Br)cc([C@H]2C3=CC[C@@H]4C(=O)N(Cc5cccs5)C(=O)[C@@H]4[C@@H]3C[C@H]3C(=O)N(Cc4cccs4)C(=O)[C@@H]23)c1O. The third kappa shape index (κ3) is 4.19. The van der Waals surface area contributed by atoms with Gasteiger partial charge in [-0.1, -0.05) is 39.7 Å². The number of fused-ring (bicyclic) bond motifs is 4. The van der Waals surface area contributed by atoms with Crippen LogP contribution in [0.1, 0.15) is 34.1 Å². The molecule has 4 amide bonds. The molecule has 0 radical (unpaired) electrons. The van der Waals surface area contributed by atoms with E-state index < -0.39 is 35.5 Å². The lowest BCUT2D eigenvalue weighted by Gasteiger charge is -2.44. The van der Waals surface area contributed by atoms with Crippen LogP contribution in [-0.4, -0.2) is 45.6 Å². The van der Waals surface area contributed by atoms with E-state index in [2.05, 4.69) is 15.9 Å². The Balaban J connectivity index is 1.32. The van der Waals surface area contributed by atoms with Crippen molar-refractivity contribution in [1.29, 1.82) is 0 Å². The zero-order valence-corrected chi connectivity index (χ0v) is 25.8. The molecule has 3 fully saturated rings. The molecule has 2 aliphatic heterocycles. The van der Waals surface area contributed by atoms with Crippen LogP contribution in [0, 0.1) is 29.6 Å². The third-order valence-corrected chi connectivity index (χ3v) is 11.4. The van der Waals surface area contributed by atoms with Gasteiger partial charge in [-0.2, -0.15) is 0 Å². The molecule has 1 N–H and O–H groups in total. The Bertz CT molecular complexity index is 1630. The number of carbonyl (C=O) groups is 4. The predicted octanol–water partition coefficient (Wildman–Crippen LogP) is 5.32. The summed E-state index contributed by atoms with van der Waals surface area (Å²) < 4.78 is 6.10. The number of hydrogen-bond donors (Lipinski definition) is 1. The number of imide groups is 2. The molecule has 2 aromatic heterocycles. The molecule has 216 valence electrons. The number of nitrogens with zero attached hydrogens (tertiary/aromatic N) is 2. The number of halogens is 1. The molecule has 3 aromatic rings. The van der Waals surface area contributed by atoms with Crippen molar-refractivity contribution >= 4 is 62.2 Å². The van der Waals surface area contributed by atoms with Crippen molar-refractivity contribution in [2.75, 3.05) is 7.11 Å². The molecule has 1 saturated carbocycles. The molecule has 0 unspecified atom stereocenters. The maximum Gasteiger partial charge on any atom is 0.234 e. The second-order valence-electron chi connectivity index (χ2n) is 11.3. The number of carbonyl (C=O) groups excluding carboxylic acids is 4. The van der Waals surface area contributed by atoms with Gasteiger partial charge in [-0.15, -0.1) is 22.7 Å². The molecule has 6 atom stereocenters. The topological polar surface area (TPSA) is 104 Å². The average Bonchev–Trinajstić information content (AvgIpc) is 3.78. The Kier molecular flexibility index (Phi) is 6.86. The summed E-state index contributed by atoms with van der Waals surface area (Å²) in [5.41, 5.74) is 1.31. The highest BCUT2D eigenvalue weighted by atomic mass is 79.9. The van der Waals surface area contributed by atoms with Gasteiger partial charge < -0.3 is 9.84 Å². The fourth-order valence-corrected chi connectivity index (χ4v) is 9.32. The molecular weight excluding hydrogens is 640 g/mol. The van der Waals surface area contributed by atoms with Gasteiger partial charge in [-0.25, -0.2) is 0 Å². The summed E-state index contributed by atoms with van der Waals surface area (Å²) in [6.45, 7) is 0.417. The van der Waals surface area contributed by atoms with E-state index >= 15 is 0 Å². The van der Waals surface area contributed by atoms with E-state index in [1.165, 1.54) is 39.6 Å². The van der Waals surface area contributed by atoms with Gasteiger partial charge in [0.05, 0.1) is 43.9 Å². The first-order chi connectivity index (χ1) is 20.3. The van der Waals surface area contributed by atoms with E-state index in [0.29, 0.717) is 22.9 Å². The molecular formula is C31H27BrN2O6S2. The van der Waals surface area contributed by atoms with Crippen molar-refractivity contribution < 1.29 is 29.0 Å². The Morgan fingerprint density at radius 3 is 2.10 bits per heavy atom. The number of amides is 4. The number of rotatable bonds is 6. The fourth-order valence-electron chi connectivity index (χ4n) is 7.48. The summed E-state index contributed by atoms with van der Waals surface area (Å²) >= 11 is 6.50. The first-order valence-electron chi connectivity index (χ1n) is 13.8. The fraction of sp³-hybridized carbons (Fsp3) is 0.355. The van der Waals surface area contributed by atoms with Gasteiger partial charge in [0.1, 0.15) is 0 Å². The van der Waals surface area contributed by atoms with Crippen molar-refractivity contribution in [1.82, 2.24) is 9.80 Å². The van der Waals surface area contributed by atoms with Gasteiger partial charge in [-0.05, 0) is 53.8 Å². The van der Waals surface area contributed by atoms with Crippen molar-refractivity contribution in [2.45, 2.75) is 31.8 Å². The minimum Gasteiger partial charge on any atom is -0.504 e. The van der Waals surface area contributed by atoms with Crippen LogP contribution in [-0.2, 0) is 32.3 Å². The highest BCUT2D eigenvalue weighted by Gasteiger charge is 2.62. The zero-order chi connectivity index (χ0) is 29.3. The second-order valence-corrected chi connectivity index (χ2v) is 14.2. The molecule has 42 heavy (non-hydrogen) atoms. The molecule has 11 heteroatoms. The highest BCUT2D eigenvalue weighted by Crippen LogP contribution is 2.59. The van der Waals surface area contributed by atoms with Crippen molar-refractivity contribution in [3.05, 3.63) is 78.6 Å². The van der Waals surface area contributed by atoms with Gasteiger partial charge in [0.15, 0.2) is 11.5 Å². The van der Waals surface area contributed by atoms with Gasteiger partial charge >= 0.3 is 0 Å². The first kappa shape index (κ1) is 27.5. The van der Waals surface area contributed by atoms with Gasteiger partial charge in [-0.3, -0.25) is 29.0 Å². The summed E-state index contributed by atoms with van der Waals surface area (Å²) in [5.74, 6) is -4.43. The average molecular weight is 668 g/mol. The monoisotopic (exact) mass is 666 g/mol. The molecule has 7 rings (SSSR count). The summed E-state index contributed by atoms with van der Waals surface area (Å²) in [6.07, 6.45) is 2.65. The molecule has 8 nitrogen and oxygen atoms in total. The van der Waals surface area contributed by atoms with Crippen molar-refractivity contribution in [3.8, 4) is 11.5 Å². The van der Waals surface area contributed by atoms with Crippen molar-refractivity contribution in [3.63, 3.8) is 0 Å². The van der Waals surface area contributed by atoms with E-state index in [4.69, 9.17) is 4.74 Å². The predicted molar refractivity (Wildman–Crippen MR) is 160 cm³/mol. The van der Waals surface area contributed by atoms with Crippen LogP contribution < -0.4 is 4.74 Å². The summed E-state index contributed by atoms with van der Waals surface area (Å²) in [4.78, 5) is 60.1. The number of likely N-dealkylation sites (tertiary alicyclic amines) is 2. The van der Waals surface area contributed by atoms with Crippen LogP contribution in [0.2, 0.25) is 0 Å². The number of phenols is 1. The molecule has 0 bridgehead atoms. The molecule has 1 aromatic carbocycles. The van der Waals surface area contributed by atoms with Gasteiger partial charge in [0, 0.05) is 25.7 Å². The van der Waals surface area contributed by atoms with Crippen molar-refractivity contribution in [2.24, 2.45) is 29.6 Å². The maximum atomic E-state index is 14.1. The molecule has 2 saturated heterocycles. The quantitative estimate of drug-likeness (QED) is 0.282. The maximum absolute atomic E-state index is 14.1.